The summed E-state index contributed by atoms with van der Waals surface area (Å²) in [5, 5.41) is 11.8. The van der Waals surface area contributed by atoms with Crippen LogP contribution in [0.1, 0.15) is 28.3 Å². The number of thiazole rings is 1. The molecule has 0 aliphatic carbocycles. The molecule has 1 N–H and O–H groups in total. The molecule has 3 aromatic carbocycles. The number of aliphatic hydroxyl groups excluding tert-OH is 1. The molecule has 0 radical (unpaired) electrons. The monoisotopic (exact) mass is 530 g/mol. The Kier molecular flexibility index (Phi) is 6.54. The molecule has 5 rings (SSSR count). The summed E-state index contributed by atoms with van der Waals surface area (Å²) < 4.78 is 17.3. The van der Waals surface area contributed by atoms with Gasteiger partial charge in [-0.15, -0.1) is 0 Å². The van der Waals surface area contributed by atoms with Crippen molar-refractivity contribution in [1.29, 1.82) is 0 Å². The van der Waals surface area contributed by atoms with Crippen molar-refractivity contribution in [3.8, 4) is 17.2 Å². The second kappa shape index (κ2) is 9.83. The normalized spacial score (nSPS) is 16.8. The maximum Gasteiger partial charge on any atom is 0.301 e. The molecule has 1 saturated heterocycles. The lowest BCUT2D eigenvalue weighted by Crippen LogP contribution is -2.29. The van der Waals surface area contributed by atoms with E-state index in [0.29, 0.717) is 33.5 Å². The van der Waals surface area contributed by atoms with Crippen molar-refractivity contribution < 1.29 is 28.9 Å². The van der Waals surface area contributed by atoms with Crippen LogP contribution < -0.4 is 19.1 Å². The van der Waals surface area contributed by atoms with Crippen molar-refractivity contribution in [1.82, 2.24) is 4.98 Å². The zero-order valence-corrected chi connectivity index (χ0v) is 22.4. The van der Waals surface area contributed by atoms with Crippen molar-refractivity contribution in [2.24, 2.45) is 0 Å². The number of aliphatic hydroxyl groups is 1. The second-order valence-corrected chi connectivity index (χ2v) is 9.91. The van der Waals surface area contributed by atoms with Gasteiger partial charge in [-0.1, -0.05) is 29.5 Å². The summed E-state index contributed by atoms with van der Waals surface area (Å²) in [5.74, 6) is -0.551. The third-order valence-electron chi connectivity index (χ3n) is 6.56. The van der Waals surface area contributed by atoms with Crippen LogP contribution in [-0.4, -0.2) is 43.1 Å². The molecule has 0 saturated carbocycles. The Morgan fingerprint density at radius 1 is 0.974 bits per heavy atom. The molecule has 9 heteroatoms. The van der Waals surface area contributed by atoms with Gasteiger partial charge in [0.1, 0.15) is 17.6 Å². The summed E-state index contributed by atoms with van der Waals surface area (Å²) in [6.07, 6.45) is 0. The number of rotatable bonds is 6. The molecule has 1 aliphatic rings. The van der Waals surface area contributed by atoms with Gasteiger partial charge in [-0.2, -0.15) is 0 Å². The first kappa shape index (κ1) is 25.3. The highest BCUT2D eigenvalue weighted by Gasteiger charge is 2.49. The van der Waals surface area contributed by atoms with Crippen molar-refractivity contribution >= 4 is 44.1 Å². The van der Waals surface area contributed by atoms with Gasteiger partial charge in [0.15, 0.2) is 16.6 Å². The molecule has 4 aromatic rings. The number of ether oxygens (including phenoxy) is 3. The fourth-order valence-corrected chi connectivity index (χ4v) is 5.99. The van der Waals surface area contributed by atoms with Crippen molar-refractivity contribution in [3.05, 3.63) is 82.4 Å². The summed E-state index contributed by atoms with van der Waals surface area (Å²) in [4.78, 5) is 33.3. The Morgan fingerprint density at radius 2 is 1.71 bits per heavy atom. The van der Waals surface area contributed by atoms with E-state index in [-0.39, 0.29) is 11.3 Å². The number of hydrogen-bond acceptors (Lipinski definition) is 8. The number of benzene rings is 3. The molecule has 1 atom stereocenters. The SMILES string of the molecule is COc1ccc(/C(O)=C2\C(=O)C(=O)N(c3nc4c(C)cc(C)cc4s3)C2c2cccc(OC)c2OC)cc1. The number of aryl methyl sites for hydroxylation is 2. The molecule has 2 heterocycles. The average Bonchev–Trinajstić information content (AvgIpc) is 3.46. The van der Waals surface area contributed by atoms with E-state index in [4.69, 9.17) is 19.2 Å². The number of nitrogens with zero attached hydrogens (tertiary/aromatic N) is 2. The number of ketones is 1. The van der Waals surface area contributed by atoms with Gasteiger partial charge in [-0.3, -0.25) is 14.5 Å². The summed E-state index contributed by atoms with van der Waals surface area (Å²) >= 11 is 1.31. The Morgan fingerprint density at radius 3 is 2.37 bits per heavy atom. The third kappa shape index (κ3) is 4.05. The van der Waals surface area contributed by atoms with Gasteiger partial charge in [0.2, 0.25) is 0 Å². The molecular formula is C29H26N2O6S. The first-order chi connectivity index (χ1) is 18.3. The van der Waals surface area contributed by atoms with Crippen molar-refractivity contribution in [3.63, 3.8) is 0 Å². The topological polar surface area (TPSA) is 98.2 Å². The van der Waals surface area contributed by atoms with E-state index in [1.165, 1.54) is 37.6 Å². The number of hydrogen-bond donors (Lipinski definition) is 1. The van der Waals surface area contributed by atoms with Crippen molar-refractivity contribution in [2.75, 3.05) is 26.2 Å². The molecule has 8 nitrogen and oxygen atoms in total. The summed E-state index contributed by atoms with van der Waals surface area (Å²) in [5.41, 5.74) is 3.56. The maximum atomic E-state index is 13.6. The predicted octanol–water partition coefficient (Wildman–Crippen LogP) is 5.57. The highest BCUT2D eigenvalue weighted by atomic mass is 32.1. The van der Waals surface area contributed by atoms with E-state index in [1.54, 1.807) is 42.5 Å². The lowest BCUT2D eigenvalue weighted by molar-refractivity contribution is -0.132. The van der Waals surface area contributed by atoms with Gasteiger partial charge in [-0.25, -0.2) is 4.98 Å². The van der Waals surface area contributed by atoms with Crippen LogP contribution in [0.15, 0.2) is 60.2 Å². The minimum Gasteiger partial charge on any atom is -0.507 e. The number of carbonyl (C=O) groups is 2. The van der Waals surface area contributed by atoms with Gasteiger partial charge in [0, 0.05) is 11.1 Å². The Labute approximate surface area is 223 Å². The number of aromatic nitrogens is 1. The number of carbonyl (C=O) groups excluding carboxylic acids is 2. The van der Waals surface area contributed by atoms with Crippen LogP contribution in [-0.2, 0) is 9.59 Å². The molecule has 1 aliphatic heterocycles. The van der Waals surface area contributed by atoms with E-state index < -0.39 is 17.7 Å². The maximum absolute atomic E-state index is 13.6. The lowest BCUT2D eigenvalue weighted by Gasteiger charge is -2.25. The summed E-state index contributed by atoms with van der Waals surface area (Å²) in [6, 6.07) is 14.8. The Balaban J connectivity index is 1.78. The number of para-hydroxylation sites is 1. The second-order valence-electron chi connectivity index (χ2n) is 8.91. The lowest BCUT2D eigenvalue weighted by atomic mass is 9.94. The molecule has 1 aromatic heterocycles. The van der Waals surface area contributed by atoms with E-state index in [1.807, 2.05) is 26.0 Å². The molecule has 194 valence electrons. The first-order valence-corrected chi connectivity index (χ1v) is 12.6. The largest absolute Gasteiger partial charge is 0.507 e. The number of fused-ring (bicyclic) bond motifs is 1. The number of Topliss-reactive ketones (excluding diaryl/α,β-unsaturated/α-hetero) is 1. The first-order valence-electron chi connectivity index (χ1n) is 11.8. The minimum absolute atomic E-state index is 0.0705. The highest BCUT2D eigenvalue weighted by Crippen LogP contribution is 2.48. The fraction of sp³-hybridized carbons (Fsp3) is 0.207. The van der Waals surface area contributed by atoms with Gasteiger partial charge in [0.25, 0.3) is 5.78 Å². The van der Waals surface area contributed by atoms with E-state index in [0.717, 1.165) is 21.3 Å². The van der Waals surface area contributed by atoms with E-state index in [9.17, 15) is 14.7 Å². The van der Waals surface area contributed by atoms with Crippen LogP contribution in [0.4, 0.5) is 5.13 Å². The third-order valence-corrected chi connectivity index (χ3v) is 7.56. The Bertz CT molecular complexity index is 1610. The quantitative estimate of drug-likeness (QED) is 0.198. The molecule has 0 spiro atoms. The van der Waals surface area contributed by atoms with E-state index >= 15 is 0 Å². The fourth-order valence-electron chi connectivity index (χ4n) is 4.82. The predicted molar refractivity (Wildman–Crippen MR) is 146 cm³/mol. The van der Waals surface area contributed by atoms with Crippen LogP contribution in [0.3, 0.4) is 0 Å². The Hall–Kier alpha value is -4.37. The van der Waals surface area contributed by atoms with Crippen molar-refractivity contribution in [2.45, 2.75) is 19.9 Å². The molecule has 1 fully saturated rings. The number of amides is 1. The van der Waals surface area contributed by atoms with Crippen LogP contribution >= 0.6 is 11.3 Å². The van der Waals surface area contributed by atoms with Gasteiger partial charge in [-0.05, 0) is 61.4 Å². The van der Waals surface area contributed by atoms with Crippen LogP contribution in [0, 0.1) is 13.8 Å². The molecule has 1 amide bonds. The molecular weight excluding hydrogens is 504 g/mol. The molecule has 0 bridgehead atoms. The summed E-state index contributed by atoms with van der Waals surface area (Å²) in [6.45, 7) is 3.95. The number of methoxy groups -OCH3 is 3. The highest BCUT2D eigenvalue weighted by molar-refractivity contribution is 7.22. The standard InChI is InChI=1S/C29H26N2O6S/c1-15-13-16(2)23-21(14-15)38-29(30-23)31-24(19-7-6-8-20(36-4)27(19)37-5)22(26(33)28(31)34)25(32)17-9-11-18(35-3)12-10-17/h6-14,24,32H,1-5H3/b25-22+. The number of anilines is 1. The van der Waals surface area contributed by atoms with Gasteiger partial charge in [0.05, 0.1) is 37.1 Å². The molecule has 38 heavy (non-hydrogen) atoms. The zero-order chi connectivity index (χ0) is 27.1. The van der Waals surface area contributed by atoms with Crippen LogP contribution in [0.2, 0.25) is 0 Å². The van der Waals surface area contributed by atoms with Gasteiger partial charge >= 0.3 is 5.91 Å². The average molecular weight is 531 g/mol. The zero-order valence-electron chi connectivity index (χ0n) is 21.6. The van der Waals surface area contributed by atoms with Crippen LogP contribution in [0.25, 0.3) is 16.0 Å². The van der Waals surface area contributed by atoms with E-state index in [2.05, 4.69) is 0 Å². The summed E-state index contributed by atoms with van der Waals surface area (Å²) in [7, 11) is 4.53. The minimum atomic E-state index is -1.01. The smallest absolute Gasteiger partial charge is 0.301 e. The van der Waals surface area contributed by atoms with Gasteiger partial charge < -0.3 is 19.3 Å². The van der Waals surface area contributed by atoms with Crippen LogP contribution in [0.5, 0.6) is 17.2 Å². The molecule has 1 unspecified atom stereocenters.